The first-order valence-corrected chi connectivity index (χ1v) is 16.2. The zero-order valence-corrected chi connectivity index (χ0v) is 26.7. The highest BCUT2D eigenvalue weighted by atomic mass is 15.0. The Morgan fingerprint density at radius 1 is 0.480 bits per heavy atom. The third kappa shape index (κ3) is 4.31. The molecule has 0 aliphatic carbocycles. The second-order valence-corrected chi connectivity index (χ2v) is 12.3. The molecule has 5 nitrogen and oxygen atoms in total. The Balaban J connectivity index is 1.26. The molecule has 0 fully saturated rings. The van der Waals surface area contributed by atoms with Crippen LogP contribution in [0.15, 0.2) is 152 Å². The van der Waals surface area contributed by atoms with Gasteiger partial charge < -0.3 is 9.13 Å². The van der Waals surface area contributed by atoms with Gasteiger partial charge in [-0.05, 0) is 76.9 Å². The van der Waals surface area contributed by atoms with Crippen molar-refractivity contribution in [3.8, 4) is 39.7 Å². The van der Waals surface area contributed by atoms with E-state index in [1.807, 2.05) is 48.5 Å². The number of benzene rings is 7. The van der Waals surface area contributed by atoms with Crippen LogP contribution in [0.3, 0.4) is 0 Å². The minimum absolute atomic E-state index is 0.295. The predicted octanol–water partition coefficient (Wildman–Crippen LogP) is 12.2. The van der Waals surface area contributed by atoms with Gasteiger partial charge in [-0.15, -0.1) is 0 Å². The Bertz CT molecular complexity index is 2920. The molecule has 2 aromatic heterocycles. The summed E-state index contributed by atoms with van der Waals surface area (Å²) in [6, 6.07) is 53.6. The van der Waals surface area contributed by atoms with Crippen LogP contribution in [-0.2, 0) is 0 Å². The molecule has 0 saturated heterocycles. The molecule has 0 amide bonds. The minimum Gasteiger partial charge on any atom is -0.320 e. The van der Waals surface area contributed by atoms with E-state index in [0.29, 0.717) is 22.6 Å². The Morgan fingerprint density at radius 2 is 1.06 bits per heavy atom. The van der Waals surface area contributed by atoms with E-state index in [1.165, 1.54) is 10.8 Å². The Morgan fingerprint density at radius 3 is 1.72 bits per heavy atom. The van der Waals surface area contributed by atoms with Crippen LogP contribution in [0.25, 0.3) is 86.9 Å². The minimum atomic E-state index is 0.295. The monoisotopic (exact) mass is 635 g/mol. The van der Waals surface area contributed by atoms with Crippen molar-refractivity contribution in [2.24, 2.45) is 0 Å². The van der Waals surface area contributed by atoms with Crippen molar-refractivity contribution in [2.45, 2.75) is 0 Å². The largest absolute Gasteiger partial charge is 0.320 e. The number of nitriles is 1. The van der Waals surface area contributed by atoms with Crippen molar-refractivity contribution in [2.75, 3.05) is 0 Å². The number of hydrogen-bond donors (Lipinski definition) is 0. The molecule has 230 valence electrons. The molecular weight excluding hydrogens is 611 g/mol. The molecule has 9 rings (SSSR count). The lowest BCUT2D eigenvalue weighted by Gasteiger charge is -2.18. The Labute approximate surface area is 288 Å². The third-order valence-corrected chi connectivity index (χ3v) is 9.58. The summed E-state index contributed by atoms with van der Waals surface area (Å²) in [7, 11) is 0. The second-order valence-electron chi connectivity index (χ2n) is 12.3. The van der Waals surface area contributed by atoms with Crippen molar-refractivity contribution in [3.05, 3.63) is 180 Å². The van der Waals surface area contributed by atoms with Crippen LogP contribution in [-0.4, -0.2) is 9.13 Å². The van der Waals surface area contributed by atoms with Gasteiger partial charge in [0, 0.05) is 32.9 Å². The van der Waals surface area contributed by atoms with Gasteiger partial charge in [-0.25, -0.2) is 4.85 Å². The zero-order chi connectivity index (χ0) is 33.8. The number of fused-ring (bicyclic) bond motifs is 6. The number of hydrogen-bond acceptors (Lipinski definition) is 1. The van der Waals surface area contributed by atoms with Crippen LogP contribution in [0.1, 0.15) is 5.56 Å². The summed E-state index contributed by atoms with van der Waals surface area (Å²) in [6.07, 6.45) is 0. The SMILES string of the molecule is [C-]#[N+]c1ccc(-c2cccc(-c3cccc(-n4c5ccccc5c5ccccc54)c3)c2)c(-n2c3ccccc3c3cc(C#N)ccc32)c1[N+]#[C-]. The maximum Gasteiger partial charge on any atom is 0.218 e. The first-order valence-electron chi connectivity index (χ1n) is 16.2. The molecule has 2 heterocycles. The molecule has 0 bridgehead atoms. The molecule has 9 aromatic rings. The number of aromatic nitrogens is 2. The number of rotatable bonds is 4. The Kier molecular flexibility index (Phi) is 6.56. The van der Waals surface area contributed by atoms with Crippen molar-refractivity contribution in [1.82, 2.24) is 9.13 Å². The van der Waals surface area contributed by atoms with Gasteiger partial charge >= 0.3 is 0 Å². The van der Waals surface area contributed by atoms with E-state index in [0.717, 1.165) is 60.8 Å². The fraction of sp³-hybridized carbons (Fsp3) is 0. The second kappa shape index (κ2) is 11.4. The lowest BCUT2D eigenvalue weighted by atomic mass is 9.96. The van der Waals surface area contributed by atoms with E-state index >= 15 is 0 Å². The van der Waals surface area contributed by atoms with Crippen LogP contribution < -0.4 is 0 Å². The van der Waals surface area contributed by atoms with Gasteiger partial charge in [-0.2, -0.15) is 5.26 Å². The molecule has 50 heavy (non-hydrogen) atoms. The highest BCUT2D eigenvalue weighted by Gasteiger charge is 2.22. The number of nitrogens with zero attached hydrogens (tertiary/aromatic N) is 5. The Hall–Kier alpha value is -7.39. The van der Waals surface area contributed by atoms with Crippen LogP contribution in [0.4, 0.5) is 11.4 Å². The molecule has 0 atom stereocenters. The molecule has 0 spiro atoms. The van der Waals surface area contributed by atoms with E-state index in [-0.39, 0.29) is 0 Å². The molecule has 7 aromatic carbocycles. The van der Waals surface area contributed by atoms with E-state index in [4.69, 9.17) is 13.1 Å². The van der Waals surface area contributed by atoms with Crippen molar-refractivity contribution in [3.63, 3.8) is 0 Å². The topological polar surface area (TPSA) is 42.4 Å². The molecule has 0 unspecified atom stereocenters. The van der Waals surface area contributed by atoms with Crippen molar-refractivity contribution < 1.29 is 0 Å². The highest BCUT2D eigenvalue weighted by Crippen LogP contribution is 2.46. The smallest absolute Gasteiger partial charge is 0.218 e. The average Bonchev–Trinajstić information content (AvgIpc) is 3.70. The van der Waals surface area contributed by atoms with Gasteiger partial charge in [-0.1, -0.05) is 97.1 Å². The van der Waals surface area contributed by atoms with Gasteiger partial charge in [0.25, 0.3) is 0 Å². The molecule has 5 heteroatoms. The number of para-hydroxylation sites is 3. The molecule has 0 aliphatic rings. The van der Waals surface area contributed by atoms with E-state index < -0.39 is 0 Å². The van der Waals surface area contributed by atoms with Gasteiger partial charge in [-0.3, -0.25) is 4.85 Å². The van der Waals surface area contributed by atoms with Crippen LogP contribution in [0.2, 0.25) is 0 Å². The van der Waals surface area contributed by atoms with Crippen LogP contribution >= 0.6 is 0 Å². The van der Waals surface area contributed by atoms with Crippen molar-refractivity contribution in [1.29, 1.82) is 5.26 Å². The summed E-state index contributed by atoms with van der Waals surface area (Å²) in [5, 5.41) is 14.0. The summed E-state index contributed by atoms with van der Waals surface area (Å²) in [5.74, 6) is 0. The average molecular weight is 636 g/mol. The zero-order valence-electron chi connectivity index (χ0n) is 26.7. The van der Waals surface area contributed by atoms with Gasteiger partial charge in [0.05, 0.1) is 46.8 Å². The summed E-state index contributed by atoms with van der Waals surface area (Å²) < 4.78 is 4.40. The van der Waals surface area contributed by atoms with E-state index in [2.05, 4.69) is 116 Å². The van der Waals surface area contributed by atoms with Crippen LogP contribution in [0, 0.1) is 24.5 Å². The van der Waals surface area contributed by atoms with E-state index in [9.17, 15) is 5.26 Å². The molecule has 0 aliphatic heterocycles. The standard InChI is InChI=1S/C45H25N5/c1-47-39-23-22-34(45(44(39)48-2)50-42-20-8-5-17-37(42)38-25-29(28-46)21-24-43(38)50)32-13-9-11-30(26-32)31-12-10-14-33(27-31)49-40-18-6-3-15-35(40)36-16-4-7-19-41(36)49/h3-27H. The quantitative estimate of drug-likeness (QED) is 0.177. The highest BCUT2D eigenvalue weighted by molar-refractivity contribution is 6.12. The fourth-order valence-electron chi connectivity index (χ4n) is 7.40. The summed E-state index contributed by atoms with van der Waals surface area (Å²) in [5.41, 5.74) is 10.9. The summed E-state index contributed by atoms with van der Waals surface area (Å²) >= 11 is 0. The summed E-state index contributed by atoms with van der Waals surface area (Å²) in [6.45, 7) is 16.2. The van der Waals surface area contributed by atoms with Gasteiger partial charge in [0.2, 0.25) is 5.69 Å². The molecule has 0 saturated carbocycles. The van der Waals surface area contributed by atoms with Crippen LogP contribution in [0.5, 0.6) is 0 Å². The third-order valence-electron chi connectivity index (χ3n) is 9.58. The summed E-state index contributed by atoms with van der Waals surface area (Å²) in [4.78, 5) is 7.72. The van der Waals surface area contributed by atoms with E-state index in [1.54, 1.807) is 12.1 Å². The normalized spacial score (nSPS) is 11.1. The first kappa shape index (κ1) is 28.8. The fourth-order valence-corrected chi connectivity index (χ4v) is 7.40. The predicted molar refractivity (Wildman–Crippen MR) is 203 cm³/mol. The first-order chi connectivity index (χ1) is 24.7. The van der Waals surface area contributed by atoms with Gasteiger partial charge in [0.1, 0.15) is 0 Å². The lowest BCUT2D eigenvalue weighted by Crippen LogP contribution is -1.98. The maximum atomic E-state index is 9.69. The van der Waals surface area contributed by atoms with Crippen molar-refractivity contribution >= 4 is 55.0 Å². The molecule has 0 N–H and O–H groups in total. The molecular formula is C45H25N5. The maximum absolute atomic E-state index is 9.69. The van der Waals surface area contributed by atoms with Gasteiger partial charge in [0.15, 0.2) is 5.69 Å². The lowest BCUT2D eigenvalue weighted by molar-refractivity contribution is 1.18. The molecule has 0 radical (unpaired) electrons.